The van der Waals surface area contributed by atoms with Crippen LogP contribution in [0.4, 0.5) is 24.8 Å². The summed E-state index contributed by atoms with van der Waals surface area (Å²) in [5, 5.41) is 0. The van der Waals surface area contributed by atoms with E-state index in [1.807, 2.05) is 18.7 Å². The third-order valence-electron chi connectivity index (χ3n) is 8.12. The van der Waals surface area contributed by atoms with Crippen LogP contribution in [-0.4, -0.2) is 82.7 Å². The molecule has 1 fully saturated rings. The number of hydrogen-bond donors (Lipinski definition) is 0. The number of halogens is 3. The van der Waals surface area contributed by atoms with Crippen molar-refractivity contribution < 1.29 is 22.7 Å². The molecule has 0 spiro atoms. The third kappa shape index (κ3) is 6.50. The number of anilines is 1. The molecule has 13 heteroatoms. The normalized spacial score (nSPS) is 18.4. The van der Waals surface area contributed by atoms with Gasteiger partial charge in [-0.3, -0.25) is 14.3 Å². The highest BCUT2D eigenvalue weighted by Gasteiger charge is 2.42. The predicted molar refractivity (Wildman–Crippen MR) is 157 cm³/mol. The van der Waals surface area contributed by atoms with Crippen LogP contribution in [-0.2, 0) is 22.8 Å². The minimum absolute atomic E-state index is 0.181. The van der Waals surface area contributed by atoms with Crippen LogP contribution < -0.4 is 10.6 Å². The van der Waals surface area contributed by atoms with Gasteiger partial charge in [0.05, 0.1) is 17.7 Å². The first-order valence-corrected chi connectivity index (χ1v) is 14.1. The van der Waals surface area contributed by atoms with Crippen molar-refractivity contribution in [2.24, 2.45) is 7.05 Å². The van der Waals surface area contributed by atoms with Crippen molar-refractivity contribution in [1.82, 2.24) is 24.3 Å². The molecule has 230 valence electrons. The molecule has 0 bridgehead atoms. The highest BCUT2D eigenvalue weighted by atomic mass is 19.4. The standard InChI is InChI=1S/C30H36F3N7O3/c1-7-21-18-40(27-25-23(38(5)29(42)36-27)13-14-24(34-3)35-25)22(8-2)17-39(21)26(28(41)37(4)15-16-43-6)19-9-11-20(12-10-19)30(31,32)33/h9-14,21-22,26H,7-8,15-18H2,1-2,4-6H3/t21-,22+,26?/m1/s1. The van der Waals surface area contributed by atoms with Crippen LogP contribution in [0.25, 0.3) is 15.9 Å². The number of benzene rings is 1. The van der Waals surface area contributed by atoms with Gasteiger partial charge in [0.1, 0.15) is 6.04 Å². The Morgan fingerprint density at radius 3 is 2.37 bits per heavy atom. The van der Waals surface area contributed by atoms with Crippen molar-refractivity contribution in [3.63, 3.8) is 0 Å². The summed E-state index contributed by atoms with van der Waals surface area (Å²) in [6, 6.07) is 6.74. The van der Waals surface area contributed by atoms with E-state index in [1.165, 1.54) is 28.7 Å². The van der Waals surface area contributed by atoms with E-state index in [-0.39, 0.29) is 23.8 Å². The minimum atomic E-state index is -4.50. The molecule has 3 heterocycles. The Bertz CT molecular complexity index is 1550. The fourth-order valence-corrected chi connectivity index (χ4v) is 5.60. The summed E-state index contributed by atoms with van der Waals surface area (Å²) in [7, 11) is 4.79. The van der Waals surface area contributed by atoms with Gasteiger partial charge >= 0.3 is 11.9 Å². The Morgan fingerprint density at radius 2 is 1.79 bits per heavy atom. The summed E-state index contributed by atoms with van der Waals surface area (Å²) in [6.07, 6.45) is -3.26. The maximum atomic E-state index is 14.0. The maximum absolute atomic E-state index is 14.0. The Morgan fingerprint density at radius 1 is 1.12 bits per heavy atom. The second-order valence-corrected chi connectivity index (χ2v) is 10.7. The van der Waals surface area contributed by atoms with Crippen molar-refractivity contribution in [1.29, 1.82) is 0 Å². The van der Waals surface area contributed by atoms with Crippen molar-refractivity contribution in [3.05, 3.63) is 69.4 Å². The lowest BCUT2D eigenvalue weighted by molar-refractivity contribution is -0.138. The molecule has 2 aromatic heterocycles. The Balaban J connectivity index is 1.79. The van der Waals surface area contributed by atoms with Crippen molar-refractivity contribution >= 4 is 28.6 Å². The van der Waals surface area contributed by atoms with Crippen LogP contribution in [0.3, 0.4) is 0 Å². The number of methoxy groups -OCH3 is 1. The second kappa shape index (κ2) is 13.1. The molecule has 1 saturated heterocycles. The number of amides is 1. The number of hydrogen-bond acceptors (Lipinski definition) is 7. The van der Waals surface area contributed by atoms with E-state index in [1.54, 1.807) is 26.2 Å². The van der Waals surface area contributed by atoms with Crippen LogP contribution >= 0.6 is 0 Å². The number of carbonyl (C=O) groups is 1. The van der Waals surface area contributed by atoms with Gasteiger partial charge in [0.25, 0.3) is 5.82 Å². The Hall–Kier alpha value is -4.02. The Kier molecular flexibility index (Phi) is 9.72. The largest absolute Gasteiger partial charge is 0.416 e. The van der Waals surface area contributed by atoms with Crippen molar-refractivity contribution in [3.8, 4) is 0 Å². The van der Waals surface area contributed by atoms with Gasteiger partial charge in [-0.25, -0.2) is 4.79 Å². The monoisotopic (exact) mass is 599 g/mol. The summed E-state index contributed by atoms with van der Waals surface area (Å²) < 4.78 is 46.7. The van der Waals surface area contributed by atoms with Gasteiger partial charge in [-0.2, -0.15) is 18.2 Å². The fourth-order valence-electron chi connectivity index (χ4n) is 5.60. The molecule has 0 aliphatic carbocycles. The number of pyridine rings is 1. The van der Waals surface area contributed by atoms with Crippen molar-refractivity contribution in [2.45, 2.75) is 51.0 Å². The first-order valence-electron chi connectivity index (χ1n) is 14.1. The minimum Gasteiger partial charge on any atom is -0.383 e. The molecule has 1 unspecified atom stereocenters. The summed E-state index contributed by atoms with van der Waals surface area (Å²) >= 11 is 0. The van der Waals surface area contributed by atoms with Gasteiger partial charge in [0, 0.05) is 52.9 Å². The maximum Gasteiger partial charge on any atom is 0.416 e. The van der Waals surface area contributed by atoms with E-state index in [2.05, 4.69) is 19.7 Å². The molecule has 43 heavy (non-hydrogen) atoms. The van der Waals surface area contributed by atoms with E-state index in [0.29, 0.717) is 61.5 Å². The summed E-state index contributed by atoms with van der Waals surface area (Å²) in [4.78, 5) is 44.8. The van der Waals surface area contributed by atoms with E-state index in [4.69, 9.17) is 11.3 Å². The van der Waals surface area contributed by atoms with Gasteiger partial charge in [0.2, 0.25) is 11.4 Å². The number of piperazine rings is 1. The highest BCUT2D eigenvalue weighted by molar-refractivity contribution is 5.87. The number of ether oxygens (including phenoxy) is 1. The van der Waals surface area contributed by atoms with E-state index < -0.39 is 23.5 Å². The zero-order chi connectivity index (χ0) is 31.5. The van der Waals surface area contributed by atoms with E-state index >= 15 is 0 Å². The van der Waals surface area contributed by atoms with Crippen molar-refractivity contribution in [2.75, 3.05) is 45.3 Å². The number of fused-ring (bicyclic) bond motifs is 1. The summed E-state index contributed by atoms with van der Waals surface area (Å²) in [6.45, 7) is 12.8. The molecule has 1 amide bonds. The SMILES string of the molecule is [C-]#[N+]c1ccc2c(n1)c(N1C[C@@H](CC)N(C(C(=O)N(C)CCOC)c3ccc(C(F)(F)F)cc3)C[C@@H]1CC)nc(=O)n2C. The van der Waals surface area contributed by atoms with Crippen LogP contribution in [0.2, 0.25) is 0 Å². The third-order valence-corrected chi connectivity index (χ3v) is 8.12. The number of aromatic nitrogens is 3. The van der Waals surface area contributed by atoms with E-state index in [9.17, 15) is 22.8 Å². The molecule has 0 N–H and O–H groups in total. The van der Waals surface area contributed by atoms with Crippen LogP contribution in [0.5, 0.6) is 0 Å². The molecule has 1 aliphatic rings. The molecular formula is C30H36F3N7O3. The smallest absolute Gasteiger partial charge is 0.383 e. The van der Waals surface area contributed by atoms with Gasteiger partial charge in [-0.05, 0) is 42.7 Å². The molecular weight excluding hydrogens is 563 g/mol. The zero-order valence-electron chi connectivity index (χ0n) is 24.9. The molecule has 3 aromatic rings. The average Bonchev–Trinajstić information content (AvgIpc) is 3.00. The first-order chi connectivity index (χ1) is 20.4. The first kappa shape index (κ1) is 31.9. The topological polar surface area (TPSA) is 88.2 Å². The van der Waals surface area contributed by atoms with Crippen LogP contribution in [0, 0.1) is 6.57 Å². The molecule has 0 saturated carbocycles. The summed E-state index contributed by atoms with van der Waals surface area (Å²) in [5.74, 6) is 0.308. The molecule has 4 rings (SSSR count). The molecule has 3 atom stereocenters. The molecule has 1 aliphatic heterocycles. The number of likely N-dealkylation sites (N-methyl/N-ethyl adjacent to an activating group) is 1. The van der Waals surface area contributed by atoms with Gasteiger partial charge in [0.15, 0.2) is 5.82 Å². The lowest BCUT2D eigenvalue weighted by Crippen LogP contribution is -2.61. The Labute approximate surface area is 248 Å². The highest BCUT2D eigenvalue weighted by Crippen LogP contribution is 2.36. The second-order valence-electron chi connectivity index (χ2n) is 10.7. The van der Waals surface area contributed by atoms with Crippen LogP contribution in [0.1, 0.15) is 43.9 Å². The molecule has 10 nitrogen and oxygen atoms in total. The summed E-state index contributed by atoms with van der Waals surface area (Å²) in [5.41, 5.74) is 0.206. The van der Waals surface area contributed by atoms with Gasteiger partial charge < -0.3 is 19.4 Å². The zero-order valence-corrected chi connectivity index (χ0v) is 24.9. The average molecular weight is 600 g/mol. The van der Waals surface area contributed by atoms with Gasteiger partial charge in [-0.15, -0.1) is 4.98 Å². The number of alkyl halides is 3. The molecule has 1 aromatic carbocycles. The number of rotatable bonds is 9. The lowest BCUT2D eigenvalue weighted by atomic mass is 9.94. The van der Waals surface area contributed by atoms with Crippen LogP contribution in [0.15, 0.2) is 41.2 Å². The fraction of sp³-hybridized carbons (Fsp3) is 0.500. The quantitative estimate of drug-likeness (QED) is 0.337. The number of nitrogens with zero attached hydrogens (tertiary/aromatic N) is 7. The lowest BCUT2D eigenvalue weighted by Gasteiger charge is -2.49. The van der Waals surface area contributed by atoms with Gasteiger partial charge in [-0.1, -0.05) is 32.6 Å². The predicted octanol–water partition coefficient (Wildman–Crippen LogP) is 4.42. The number of carbonyl (C=O) groups excluding carboxylic acids is 1. The number of aryl methyl sites for hydroxylation is 1. The van der Waals surface area contributed by atoms with E-state index in [0.717, 1.165) is 12.1 Å². The molecule has 0 radical (unpaired) electrons.